The number of methoxy groups -OCH3 is 2. The predicted octanol–water partition coefficient (Wildman–Crippen LogP) is 4.36. The van der Waals surface area contributed by atoms with Crippen molar-refractivity contribution in [1.29, 1.82) is 0 Å². The van der Waals surface area contributed by atoms with E-state index in [0.717, 1.165) is 80.8 Å². The van der Waals surface area contributed by atoms with Crippen molar-refractivity contribution in [2.45, 2.75) is 53.0 Å². The van der Waals surface area contributed by atoms with Crippen LogP contribution >= 0.6 is 0 Å². The Balaban J connectivity index is 1.21. The summed E-state index contributed by atoms with van der Waals surface area (Å²) in [5.74, 6) is 4.65. The van der Waals surface area contributed by atoms with E-state index in [9.17, 15) is 4.79 Å². The van der Waals surface area contributed by atoms with E-state index >= 15 is 0 Å². The van der Waals surface area contributed by atoms with Crippen LogP contribution in [0.4, 0.5) is 0 Å². The number of likely N-dealkylation sites (tertiary alicyclic amines) is 2. The molecule has 0 saturated carbocycles. The molecule has 2 atom stereocenters. The minimum Gasteiger partial charge on any atom is -0.497 e. The molecule has 1 aromatic carbocycles. The molecule has 2 unspecified atom stereocenters. The summed E-state index contributed by atoms with van der Waals surface area (Å²) in [5.41, 5.74) is 1.76. The zero-order valence-corrected chi connectivity index (χ0v) is 23.2. The van der Waals surface area contributed by atoms with E-state index in [1.165, 1.54) is 19.5 Å². The average Bonchev–Trinajstić information content (AvgIpc) is 3.26. The number of nitrogens with zero attached hydrogens (tertiary/aromatic N) is 3. The molecule has 8 heteroatoms. The minimum atomic E-state index is 0.101. The fourth-order valence-electron chi connectivity index (χ4n) is 5.83. The van der Waals surface area contributed by atoms with Gasteiger partial charge in [-0.1, -0.05) is 13.8 Å². The molecule has 0 radical (unpaired) electrons. The third-order valence-electron chi connectivity index (χ3n) is 7.72. The first-order valence-corrected chi connectivity index (χ1v) is 13.8. The molecule has 0 aliphatic carbocycles. The van der Waals surface area contributed by atoms with Gasteiger partial charge in [0.1, 0.15) is 17.3 Å². The first-order chi connectivity index (χ1) is 17.8. The summed E-state index contributed by atoms with van der Waals surface area (Å²) in [4.78, 5) is 22.4. The molecule has 1 amide bonds. The molecule has 2 saturated heterocycles. The highest BCUT2D eigenvalue weighted by Gasteiger charge is 2.26. The van der Waals surface area contributed by atoms with Crippen molar-refractivity contribution >= 4 is 5.91 Å². The normalized spacial score (nSPS) is 21.6. The van der Waals surface area contributed by atoms with Crippen molar-refractivity contribution < 1.29 is 18.7 Å². The van der Waals surface area contributed by atoms with Crippen LogP contribution in [0.15, 0.2) is 22.6 Å². The summed E-state index contributed by atoms with van der Waals surface area (Å²) in [6.07, 6.45) is 4.12. The van der Waals surface area contributed by atoms with Crippen LogP contribution in [0.1, 0.15) is 51.0 Å². The number of hydrogen-bond acceptors (Lipinski definition) is 7. The van der Waals surface area contributed by atoms with Gasteiger partial charge in [0.05, 0.1) is 19.9 Å². The second-order valence-electron chi connectivity index (χ2n) is 11.0. The molecule has 0 spiro atoms. The molecule has 37 heavy (non-hydrogen) atoms. The molecule has 1 N–H and O–H groups in total. The van der Waals surface area contributed by atoms with Crippen LogP contribution < -0.4 is 14.8 Å². The number of benzene rings is 1. The lowest BCUT2D eigenvalue weighted by molar-refractivity contribution is -0.126. The standard InChI is InChI=1S/C29H44N4O4/c1-20-13-21(2)18-33(17-20)10-6-9-30-28(34)23-7-11-32(12-8-23)19-27-22(3)37-29(31-27)24-14-25(35-4)16-26(15-24)36-5/h14-16,20-21,23H,6-13,17-19H2,1-5H3,(H,30,34). The van der Waals surface area contributed by atoms with Crippen LogP contribution in [0.25, 0.3) is 11.5 Å². The number of rotatable bonds is 10. The van der Waals surface area contributed by atoms with Crippen molar-refractivity contribution in [3.05, 3.63) is 29.7 Å². The van der Waals surface area contributed by atoms with Crippen molar-refractivity contribution in [2.24, 2.45) is 17.8 Å². The lowest BCUT2D eigenvalue weighted by Gasteiger charge is -2.35. The highest BCUT2D eigenvalue weighted by Crippen LogP contribution is 2.31. The van der Waals surface area contributed by atoms with Gasteiger partial charge in [-0.05, 0) is 76.2 Å². The first-order valence-electron chi connectivity index (χ1n) is 13.8. The number of hydrogen-bond donors (Lipinski definition) is 1. The van der Waals surface area contributed by atoms with E-state index < -0.39 is 0 Å². The number of aryl methyl sites for hydroxylation is 1. The second-order valence-corrected chi connectivity index (χ2v) is 11.0. The van der Waals surface area contributed by atoms with E-state index in [1.54, 1.807) is 14.2 Å². The summed E-state index contributed by atoms with van der Waals surface area (Å²) in [7, 11) is 3.26. The molecule has 2 aliphatic heterocycles. The van der Waals surface area contributed by atoms with Gasteiger partial charge in [-0.3, -0.25) is 9.69 Å². The van der Waals surface area contributed by atoms with Gasteiger partial charge in [-0.15, -0.1) is 0 Å². The molecule has 2 fully saturated rings. The molecular weight excluding hydrogens is 468 g/mol. The smallest absolute Gasteiger partial charge is 0.226 e. The summed E-state index contributed by atoms with van der Waals surface area (Å²) < 4.78 is 16.8. The van der Waals surface area contributed by atoms with Crippen molar-refractivity contribution in [3.8, 4) is 23.0 Å². The third-order valence-corrected chi connectivity index (χ3v) is 7.72. The number of amides is 1. The van der Waals surface area contributed by atoms with Crippen LogP contribution in [-0.2, 0) is 11.3 Å². The molecule has 4 rings (SSSR count). The monoisotopic (exact) mass is 512 g/mol. The van der Waals surface area contributed by atoms with Gasteiger partial charge in [-0.25, -0.2) is 4.98 Å². The van der Waals surface area contributed by atoms with Crippen LogP contribution in [0, 0.1) is 24.7 Å². The molecule has 204 valence electrons. The SMILES string of the molecule is COc1cc(OC)cc(-c2nc(CN3CCC(C(=O)NCCCN4CC(C)CC(C)C4)CC3)c(C)o2)c1. The molecule has 0 bridgehead atoms. The van der Waals surface area contributed by atoms with Gasteiger partial charge >= 0.3 is 0 Å². The van der Waals surface area contributed by atoms with Crippen LogP contribution in [0.3, 0.4) is 0 Å². The lowest BCUT2D eigenvalue weighted by atomic mass is 9.92. The molecular formula is C29H44N4O4. The van der Waals surface area contributed by atoms with E-state index in [4.69, 9.17) is 18.9 Å². The maximum absolute atomic E-state index is 12.7. The molecule has 8 nitrogen and oxygen atoms in total. The Kier molecular flexibility index (Phi) is 9.49. The maximum atomic E-state index is 12.7. The highest BCUT2D eigenvalue weighted by atomic mass is 16.5. The highest BCUT2D eigenvalue weighted by molar-refractivity contribution is 5.78. The number of piperidine rings is 2. The quantitative estimate of drug-likeness (QED) is 0.474. The zero-order valence-electron chi connectivity index (χ0n) is 23.2. The number of aromatic nitrogens is 1. The van der Waals surface area contributed by atoms with Crippen molar-refractivity contribution in [1.82, 2.24) is 20.1 Å². The molecule has 3 heterocycles. The van der Waals surface area contributed by atoms with E-state index in [1.807, 2.05) is 25.1 Å². The Bertz CT molecular complexity index is 999. The van der Waals surface area contributed by atoms with Crippen LogP contribution in [0.5, 0.6) is 11.5 Å². The fraction of sp³-hybridized carbons (Fsp3) is 0.655. The Morgan fingerprint density at radius 3 is 2.32 bits per heavy atom. The van der Waals surface area contributed by atoms with Gasteiger partial charge in [0.25, 0.3) is 0 Å². The molecule has 1 aromatic heterocycles. The number of carbonyl (C=O) groups is 1. The number of carbonyl (C=O) groups excluding carboxylic acids is 1. The number of oxazole rings is 1. The van der Waals surface area contributed by atoms with E-state index in [2.05, 4.69) is 29.0 Å². The predicted molar refractivity (Wildman–Crippen MR) is 145 cm³/mol. The van der Waals surface area contributed by atoms with Crippen LogP contribution in [-0.4, -0.2) is 74.2 Å². The summed E-state index contributed by atoms with van der Waals surface area (Å²) in [5, 5.41) is 3.20. The topological polar surface area (TPSA) is 80.1 Å². The van der Waals surface area contributed by atoms with Gasteiger partial charge in [-0.2, -0.15) is 0 Å². The molecule has 2 aliphatic rings. The zero-order chi connectivity index (χ0) is 26.4. The number of ether oxygens (including phenoxy) is 2. The lowest BCUT2D eigenvalue weighted by Crippen LogP contribution is -2.42. The van der Waals surface area contributed by atoms with E-state index in [-0.39, 0.29) is 11.8 Å². The van der Waals surface area contributed by atoms with Crippen molar-refractivity contribution in [2.75, 3.05) is 53.5 Å². The summed E-state index contributed by atoms with van der Waals surface area (Å²) in [6, 6.07) is 5.63. The van der Waals surface area contributed by atoms with Gasteiger partial charge < -0.3 is 24.1 Å². The average molecular weight is 513 g/mol. The largest absolute Gasteiger partial charge is 0.497 e. The van der Waals surface area contributed by atoms with Gasteiger partial charge in [0.15, 0.2) is 0 Å². The Hall–Kier alpha value is -2.58. The Labute approximate surface area is 221 Å². The Morgan fingerprint density at radius 2 is 1.70 bits per heavy atom. The third kappa shape index (κ3) is 7.48. The Morgan fingerprint density at radius 1 is 1.05 bits per heavy atom. The second kappa shape index (κ2) is 12.8. The maximum Gasteiger partial charge on any atom is 0.226 e. The molecule has 2 aromatic rings. The summed E-state index contributed by atoms with van der Waals surface area (Å²) in [6.45, 7) is 13.4. The van der Waals surface area contributed by atoms with E-state index in [0.29, 0.717) is 17.4 Å². The van der Waals surface area contributed by atoms with Gasteiger partial charge in [0, 0.05) is 43.7 Å². The van der Waals surface area contributed by atoms with Crippen molar-refractivity contribution in [3.63, 3.8) is 0 Å². The summed E-state index contributed by atoms with van der Waals surface area (Å²) >= 11 is 0. The minimum absolute atomic E-state index is 0.101. The number of nitrogens with one attached hydrogen (secondary N) is 1. The fourth-order valence-corrected chi connectivity index (χ4v) is 5.83. The van der Waals surface area contributed by atoms with Gasteiger partial charge in [0.2, 0.25) is 11.8 Å². The van der Waals surface area contributed by atoms with Crippen LogP contribution in [0.2, 0.25) is 0 Å². The first kappa shape index (κ1) is 27.5.